The van der Waals surface area contributed by atoms with E-state index in [-0.39, 0.29) is 29.3 Å². The third-order valence-corrected chi connectivity index (χ3v) is 7.38. The van der Waals surface area contributed by atoms with Gasteiger partial charge in [-0.1, -0.05) is 0 Å². The van der Waals surface area contributed by atoms with Crippen molar-refractivity contribution in [2.24, 2.45) is 5.92 Å². The van der Waals surface area contributed by atoms with Gasteiger partial charge in [-0.25, -0.2) is 18.3 Å². The Balaban J connectivity index is 1.23. The van der Waals surface area contributed by atoms with Gasteiger partial charge in [0.05, 0.1) is 5.69 Å². The van der Waals surface area contributed by atoms with Gasteiger partial charge in [-0.05, 0) is 69.6 Å². The Hall–Kier alpha value is -2.97. The fourth-order valence-corrected chi connectivity index (χ4v) is 5.72. The van der Waals surface area contributed by atoms with E-state index in [0.29, 0.717) is 18.4 Å². The zero-order chi connectivity index (χ0) is 22.7. The van der Waals surface area contributed by atoms with E-state index in [0.717, 1.165) is 61.2 Å². The van der Waals surface area contributed by atoms with E-state index in [4.69, 9.17) is 0 Å². The summed E-state index contributed by atoms with van der Waals surface area (Å²) < 4.78 is 28.4. The van der Waals surface area contributed by atoms with Crippen LogP contribution >= 0.6 is 0 Å². The molecule has 0 spiro atoms. The molecule has 3 aliphatic rings. The van der Waals surface area contributed by atoms with Gasteiger partial charge in [-0.2, -0.15) is 10.1 Å². The molecule has 6 rings (SSSR count). The van der Waals surface area contributed by atoms with E-state index in [1.54, 1.807) is 4.52 Å². The number of aryl methyl sites for hydroxylation is 1. The molecule has 2 aliphatic carbocycles. The van der Waals surface area contributed by atoms with Crippen LogP contribution in [-0.2, 0) is 0 Å². The average Bonchev–Trinajstić information content (AvgIpc) is 3.45. The maximum absolute atomic E-state index is 13.4. The summed E-state index contributed by atoms with van der Waals surface area (Å²) in [5, 5.41) is 4.23. The van der Waals surface area contributed by atoms with Crippen LogP contribution in [0.4, 0.5) is 8.78 Å². The summed E-state index contributed by atoms with van der Waals surface area (Å²) in [5.41, 5.74) is 3.18. The normalized spacial score (nSPS) is 25.1. The third kappa shape index (κ3) is 3.77. The summed E-state index contributed by atoms with van der Waals surface area (Å²) in [6.45, 7) is 2.65. The lowest BCUT2D eigenvalue weighted by Crippen LogP contribution is -2.37. The molecule has 0 N–H and O–H groups in total. The number of rotatable bonds is 4. The number of pyridine rings is 1. The van der Waals surface area contributed by atoms with Crippen LogP contribution in [0.2, 0.25) is 0 Å². The van der Waals surface area contributed by atoms with Crippen LogP contribution in [0, 0.1) is 12.8 Å². The molecule has 0 radical (unpaired) electrons. The number of carbonyl (C=O) groups excluding carboxylic acids is 1. The van der Waals surface area contributed by atoms with E-state index in [9.17, 15) is 13.6 Å². The third-order valence-electron chi connectivity index (χ3n) is 7.38. The van der Waals surface area contributed by atoms with Gasteiger partial charge < -0.3 is 4.90 Å². The molecule has 4 heterocycles. The Morgan fingerprint density at radius 3 is 2.67 bits per heavy atom. The number of nitrogens with zero attached hydrogens (tertiary/aromatic N) is 6. The highest BCUT2D eigenvalue weighted by Gasteiger charge is 2.40. The van der Waals surface area contributed by atoms with Gasteiger partial charge in [0, 0.05) is 41.4 Å². The summed E-state index contributed by atoms with van der Waals surface area (Å²) in [4.78, 5) is 28.1. The largest absolute Gasteiger partial charge is 0.335 e. The molecule has 3 aromatic heterocycles. The maximum Gasteiger partial charge on any atom is 0.280 e. The van der Waals surface area contributed by atoms with E-state index in [1.165, 1.54) is 12.4 Å². The monoisotopic (exact) mass is 452 g/mol. The molecule has 172 valence electrons. The summed E-state index contributed by atoms with van der Waals surface area (Å²) in [7, 11) is 0. The van der Waals surface area contributed by atoms with Gasteiger partial charge in [-0.15, -0.1) is 0 Å². The lowest BCUT2D eigenvalue weighted by Gasteiger charge is -2.28. The molecule has 2 bridgehead atoms. The number of amides is 1. The van der Waals surface area contributed by atoms with Crippen LogP contribution in [-0.4, -0.2) is 48.0 Å². The maximum atomic E-state index is 13.4. The summed E-state index contributed by atoms with van der Waals surface area (Å²) >= 11 is 0. The number of hydrogen-bond acceptors (Lipinski definition) is 5. The van der Waals surface area contributed by atoms with Crippen LogP contribution in [0.5, 0.6) is 0 Å². The van der Waals surface area contributed by atoms with Crippen LogP contribution < -0.4 is 0 Å². The van der Waals surface area contributed by atoms with Gasteiger partial charge in [0.1, 0.15) is 12.0 Å². The molecular weight excluding hydrogens is 426 g/mol. The van der Waals surface area contributed by atoms with Crippen molar-refractivity contribution in [1.82, 2.24) is 29.5 Å². The Morgan fingerprint density at radius 2 is 1.88 bits per heavy atom. The van der Waals surface area contributed by atoms with Crippen molar-refractivity contribution < 1.29 is 13.6 Å². The van der Waals surface area contributed by atoms with Gasteiger partial charge in [0.25, 0.3) is 18.1 Å². The van der Waals surface area contributed by atoms with Crippen molar-refractivity contribution in [3.05, 3.63) is 52.9 Å². The van der Waals surface area contributed by atoms with Crippen LogP contribution in [0.15, 0.2) is 24.5 Å². The van der Waals surface area contributed by atoms with E-state index in [2.05, 4.69) is 20.1 Å². The fraction of sp³-hybridized carbons (Fsp3) is 0.542. The summed E-state index contributed by atoms with van der Waals surface area (Å²) in [6.07, 6.45) is 4.47. The molecule has 0 aromatic carbocycles. The number of hydrogen-bond donors (Lipinski definition) is 0. The SMILES string of the molecule is Cc1cc(C(=O)N2CC3C[C@H](c4cc(C(F)F)nc5ncnn45)CC[C@@H]2C3)cc(C2CC2)n1. The molecule has 1 unspecified atom stereocenters. The fourth-order valence-electron chi connectivity index (χ4n) is 5.72. The second-order valence-corrected chi connectivity index (χ2v) is 9.80. The van der Waals surface area contributed by atoms with Crippen molar-refractivity contribution in [3.8, 4) is 0 Å². The van der Waals surface area contributed by atoms with Gasteiger partial charge in [0.2, 0.25) is 0 Å². The molecule has 9 heteroatoms. The van der Waals surface area contributed by atoms with E-state index < -0.39 is 6.43 Å². The first-order valence-electron chi connectivity index (χ1n) is 11.7. The van der Waals surface area contributed by atoms with Crippen molar-refractivity contribution in [1.29, 1.82) is 0 Å². The topological polar surface area (TPSA) is 76.3 Å². The molecule has 2 saturated carbocycles. The molecule has 33 heavy (non-hydrogen) atoms. The summed E-state index contributed by atoms with van der Waals surface area (Å²) in [5.74, 6) is 1.24. The molecule has 3 fully saturated rings. The van der Waals surface area contributed by atoms with Crippen molar-refractivity contribution in [2.45, 2.75) is 69.8 Å². The molecule has 7 nitrogen and oxygen atoms in total. The molecule has 3 atom stereocenters. The molecule has 1 amide bonds. The van der Waals surface area contributed by atoms with Crippen molar-refractivity contribution >= 4 is 11.7 Å². The lowest BCUT2D eigenvalue weighted by atomic mass is 9.90. The first kappa shape index (κ1) is 20.6. The Labute approximate surface area is 190 Å². The minimum absolute atomic E-state index is 0.0894. The predicted octanol–water partition coefficient (Wildman–Crippen LogP) is 4.44. The standard InChI is InChI=1S/C24H26F2N6O/c1-13-6-17(9-19(29-13)15-2-3-15)23(33)31-11-14-7-16(4-5-18(31)8-14)21-10-20(22(25)26)30-24-27-12-28-32(21)24/h6,9-10,12,14-16,18,22H,2-5,7-8,11H2,1H3/t14?,16-,18-/m1/s1. The first-order chi connectivity index (χ1) is 16.0. The number of alkyl halides is 2. The predicted molar refractivity (Wildman–Crippen MR) is 116 cm³/mol. The number of fused-ring (bicyclic) bond motifs is 3. The number of aromatic nitrogens is 5. The Kier molecular flexibility index (Phi) is 4.88. The van der Waals surface area contributed by atoms with Crippen LogP contribution in [0.25, 0.3) is 5.78 Å². The molecular formula is C24H26F2N6O. The first-order valence-corrected chi connectivity index (χ1v) is 11.7. The van der Waals surface area contributed by atoms with Crippen molar-refractivity contribution in [3.63, 3.8) is 0 Å². The zero-order valence-electron chi connectivity index (χ0n) is 18.5. The second kappa shape index (κ2) is 7.81. The second-order valence-electron chi connectivity index (χ2n) is 9.80. The highest BCUT2D eigenvalue weighted by molar-refractivity contribution is 5.95. The Morgan fingerprint density at radius 1 is 1.06 bits per heavy atom. The number of likely N-dealkylation sites (tertiary alicyclic amines) is 1. The van der Waals surface area contributed by atoms with Crippen LogP contribution in [0.3, 0.4) is 0 Å². The van der Waals surface area contributed by atoms with Crippen molar-refractivity contribution in [2.75, 3.05) is 6.54 Å². The number of carbonyl (C=O) groups is 1. The number of halogens is 2. The van der Waals surface area contributed by atoms with E-state index >= 15 is 0 Å². The van der Waals surface area contributed by atoms with Gasteiger partial charge >= 0.3 is 0 Å². The quantitative estimate of drug-likeness (QED) is 0.585. The molecule has 1 saturated heterocycles. The smallest absolute Gasteiger partial charge is 0.280 e. The molecule has 1 aliphatic heterocycles. The average molecular weight is 453 g/mol. The highest BCUT2D eigenvalue weighted by atomic mass is 19.3. The van der Waals surface area contributed by atoms with E-state index in [1.807, 2.05) is 24.0 Å². The minimum Gasteiger partial charge on any atom is -0.335 e. The zero-order valence-corrected chi connectivity index (χ0v) is 18.5. The summed E-state index contributed by atoms with van der Waals surface area (Å²) in [6, 6.07) is 5.54. The lowest BCUT2D eigenvalue weighted by molar-refractivity contribution is 0.0715. The van der Waals surface area contributed by atoms with Gasteiger partial charge in [-0.3, -0.25) is 9.78 Å². The van der Waals surface area contributed by atoms with Crippen LogP contribution in [0.1, 0.15) is 89.9 Å². The van der Waals surface area contributed by atoms with Gasteiger partial charge in [0.15, 0.2) is 0 Å². The highest BCUT2D eigenvalue weighted by Crippen LogP contribution is 2.43. The Bertz CT molecular complexity index is 1220. The minimum atomic E-state index is -2.65. The molecule has 3 aromatic rings.